The third-order valence-corrected chi connectivity index (χ3v) is 7.67. The zero-order chi connectivity index (χ0) is 24.3. The van der Waals surface area contributed by atoms with E-state index in [2.05, 4.69) is 15.0 Å². The number of urea groups is 1. The number of aromatic nitrogens is 1. The fourth-order valence-corrected chi connectivity index (χ4v) is 5.63. The third-order valence-electron chi connectivity index (χ3n) is 5.14. The first kappa shape index (κ1) is 23.8. The average Bonchev–Trinajstić information content (AvgIpc) is 3.20. The molecule has 34 heavy (non-hydrogen) atoms. The number of methoxy groups -OCH3 is 1. The van der Waals surface area contributed by atoms with Gasteiger partial charge in [-0.3, -0.25) is 10.0 Å². The molecule has 0 saturated carbocycles. The highest BCUT2D eigenvalue weighted by Gasteiger charge is 2.23. The quantitative estimate of drug-likeness (QED) is 0.438. The molecular weight excluding hydrogens is 480 g/mol. The predicted octanol–water partition coefficient (Wildman–Crippen LogP) is 3.50. The van der Waals surface area contributed by atoms with Crippen molar-refractivity contribution in [2.45, 2.75) is 11.8 Å². The lowest BCUT2D eigenvalue weighted by atomic mass is 10.1. The number of nitrogens with one attached hydrogen (secondary N) is 2. The SMILES string of the molecule is COc1ccc(-c2sc(NC(=O)N3CCOCC3)nc2C)cc1S(=O)(=O)Nc1ccc(O)cc1. The summed E-state index contributed by atoms with van der Waals surface area (Å²) in [6.07, 6.45) is 0. The molecule has 1 aliphatic rings. The molecule has 1 saturated heterocycles. The molecular formula is C22H24N4O6S2. The lowest BCUT2D eigenvalue weighted by Gasteiger charge is -2.26. The predicted molar refractivity (Wildman–Crippen MR) is 129 cm³/mol. The summed E-state index contributed by atoms with van der Waals surface area (Å²) in [5.41, 5.74) is 1.57. The molecule has 3 N–H and O–H groups in total. The van der Waals surface area contributed by atoms with E-state index in [-0.39, 0.29) is 22.4 Å². The molecule has 12 heteroatoms. The van der Waals surface area contributed by atoms with Crippen LogP contribution in [0.5, 0.6) is 11.5 Å². The topological polar surface area (TPSA) is 130 Å². The van der Waals surface area contributed by atoms with Gasteiger partial charge in [0.2, 0.25) is 0 Å². The minimum Gasteiger partial charge on any atom is -0.508 e. The molecule has 1 fully saturated rings. The van der Waals surface area contributed by atoms with Crippen molar-refractivity contribution in [3.8, 4) is 21.9 Å². The van der Waals surface area contributed by atoms with Gasteiger partial charge in [-0.2, -0.15) is 0 Å². The van der Waals surface area contributed by atoms with Crippen LogP contribution < -0.4 is 14.8 Å². The number of carbonyl (C=O) groups excluding carboxylic acids is 1. The molecule has 0 unspecified atom stereocenters. The Labute approximate surface area is 201 Å². The number of thiazole rings is 1. The maximum absolute atomic E-state index is 13.1. The summed E-state index contributed by atoms with van der Waals surface area (Å²) in [4.78, 5) is 19.3. The second-order valence-corrected chi connectivity index (χ2v) is 10.1. The van der Waals surface area contributed by atoms with Crippen LogP contribution in [0.15, 0.2) is 47.4 Å². The molecule has 2 aromatic carbocycles. The van der Waals surface area contributed by atoms with Crippen molar-refractivity contribution >= 4 is 38.2 Å². The maximum Gasteiger partial charge on any atom is 0.323 e. The van der Waals surface area contributed by atoms with Crippen molar-refractivity contribution < 1.29 is 27.8 Å². The van der Waals surface area contributed by atoms with Gasteiger partial charge in [-0.05, 0) is 55.0 Å². The van der Waals surface area contributed by atoms with E-state index in [1.165, 1.54) is 48.8 Å². The Morgan fingerprint density at radius 3 is 2.56 bits per heavy atom. The van der Waals surface area contributed by atoms with E-state index in [1.54, 1.807) is 24.0 Å². The lowest BCUT2D eigenvalue weighted by molar-refractivity contribution is 0.0564. The van der Waals surface area contributed by atoms with E-state index in [4.69, 9.17) is 9.47 Å². The van der Waals surface area contributed by atoms with Gasteiger partial charge in [0, 0.05) is 18.8 Å². The van der Waals surface area contributed by atoms with E-state index in [9.17, 15) is 18.3 Å². The summed E-state index contributed by atoms with van der Waals surface area (Å²) < 4.78 is 39.3. The highest BCUT2D eigenvalue weighted by atomic mass is 32.2. The number of anilines is 2. The van der Waals surface area contributed by atoms with Crippen LogP contribution in [0.25, 0.3) is 10.4 Å². The van der Waals surface area contributed by atoms with Gasteiger partial charge in [0.25, 0.3) is 10.0 Å². The van der Waals surface area contributed by atoms with Crippen molar-refractivity contribution in [2.75, 3.05) is 43.5 Å². The van der Waals surface area contributed by atoms with E-state index in [0.29, 0.717) is 48.4 Å². The Balaban J connectivity index is 1.61. The fourth-order valence-electron chi connectivity index (χ4n) is 3.42. The molecule has 0 radical (unpaired) electrons. The number of carbonyl (C=O) groups is 1. The van der Waals surface area contributed by atoms with Crippen LogP contribution >= 0.6 is 11.3 Å². The molecule has 1 aliphatic heterocycles. The minimum atomic E-state index is -4.00. The van der Waals surface area contributed by atoms with Crippen LogP contribution in [-0.2, 0) is 14.8 Å². The first-order chi connectivity index (χ1) is 16.3. The van der Waals surface area contributed by atoms with Crippen molar-refractivity contribution in [1.82, 2.24) is 9.88 Å². The first-order valence-corrected chi connectivity index (χ1v) is 12.7. The summed E-state index contributed by atoms with van der Waals surface area (Å²) >= 11 is 1.26. The van der Waals surface area contributed by atoms with Crippen molar-refractivity contribution in [3.63, 3.8) is 0 Å². The number of sulfonamides is 1. The average molecular weight is 505 g/mol. The van der Waals surface area contributed by atoms with E-state index in [0.717, 1.165) is 4.88 Å². The van der Waals surface area contributed by atoms with Crippen molar-refractivity contribution in [1.29, 1.82) is 0 Å². The van der Waals surface area contributed by atoms with Crippen LogP contribution in [-0.4, -0.2) is 62.9 Å². The second kappa shape index (κ2) is 9.87. The number of ether oxygens (including phenoxy) is 2. The number of nitrogens with zero attached hydrogens (tertiary/aromatic N) is 2. The number of hydrogen-bond donors (Lipinski definition) is 3. The second-order valence-electron chi connectivity index (χ2n) is 7.48. The molecule has 2 heterocycles. The minimum absolute atomic E-state index is 0.0275. The van der Waals surface area contributed by atoms with Gasteiger partial charge in [-0.25, -0.2) is 18.2 Å². The number of aromatic hydroxyl groups is 1. The third kappa shape index (κ3) is 5.24. The van der Waals surface area contributed by atoms with E-state index in [1.807, 2.05) is 0 Å². The van der Waals surface area contributed by atoms with Crippen LogP contribution in [0.2, 0.25) is 0 Å². The molecule has 1 aromatic heterocycles. The number of aryl methyl sites for hydroxylation is 1. The standard InChI is InChI=1S/C22H24N4O6S2/c1-14-20(33-21(23-14)24-22(28)26-9-11-32-12-10-26)15-3-8-18(31-2)19(13-15)34(29,30)25-16-4-6-17(27)7-5-16/h3-8,13,25,27H,9-12H2,1-2H3,(H,23,24,28). The molecule has 0 aliphatic carbocycles. The fraction of sp³-hybridized carbons (Fsp3) is 0.273. The Morgan fingerprint density at radius 1 is 1.18 bits per heavy atom. The Hall–Kier alpha value is -3.35. The van der Waals surface area contributed by atoms with Gasteiger partial charge in [0.1, 0.15) is 16.4 Å². The van der Waals surface area contributed by atoms with Gasteiger partial charge in [-0.1, -0.05) is 11.3 Å². The van der Waals surface area contributed by atoms with Gasteiger partial charge in [0.05, 0.1) is 30.9 Å². The molecule has 3 aromatic rings. The summed E-state index contributed by atoms with van der Waals surface area (Å²) in [5, 5.41) is 12.7. The first-order valence-electron chi connectivity index (χ1n) is 10.4. The van der Waals surface area contributed by atoms with Crippen molar-refractivity contribution in [2.24, 2.45) is 0 Å². The summed E-state index contributed by atoms with van der Waals surface area (Å²) in [7, 11) is -2.61. The molecule has 2 amide bonds. The molecule has 0 bridgehead atoms. The molecule has 10 nitrogen and oxygen atoms in total. The number of hydrogen-bond acceptors (Lipinski definition) is 8. The molecule has 180 valence electrons. The number of amides is 2. The zero-order valence-corrected chi connectivity index (χ0v) is 20.2. The van der Waals surface area contributed by atoms with Crippen LogP contribution in [0.3, 0.4) is 0 Å². The highest BCUT2D eigenvalue weighted by Crippen LogP contribution is 2.37. The Morgan fingerprint density at radius 2 is 1.88 bits per heavy atom. The van der Waals surface area contributed by atoms with Crippen LogP contribution in [0.1, 0.15) is 5.69 Å². The zero-order valence-electron chi connectivity index (χ0n) is 18.6. The monoisotopic (exact) mass is 504 g/mol. The number of phenols is 1. The van der Waals surface area contributed by atoms with Gasteiger partial charge >= 0.3 is 6.03 Å². The smallest absolute Gasteiger partial charge is 0.323 e. The summed E-state index contributed by atoms with van der Waals surface area (Å²) in [6.45, 7) is 3.81. The number of morpholine rings is 1. The van der Waals surface area contributed by atoms with Gasteiger partial charge in [0.15, 0.2) is 5.13 Å². The normalized spacial score (nSPS) is 14.0. The van der Waals surface area contributed by atoms with Crippen molar-refractivity contribution in [3.05, 3.63) is 48.2 Å². The molecule has 0 spiro atoms. The Kier molecular flexibility index (Phi) is 6.91. The largest absolute Gasteiger partial charge is 0.508 e. The van der Waals surface area contributed by atoms with E-state index < -0.39 is 10.0 Å². The number of benzene rings is 2. The van der Waals surface area contributed by atoms with Gasteiger partial charge < -0.3 is 19.5 Å². The Bertz CT molecular complexity index is 1290. The number of rotatable bonds is 6. The lowest BCUT2D eigenvalue weighted by Crippen LogP contribution is -2.43. The molecule has 0 atom stereocenters. The number of phenolic OH excluding ortho intramolecular Hbond substituents is 1. The van der Waals surface area contributed by atoms with Crippen LogP contribution in [0, 0.1) is 6.92 Å². The van der Waals surface area contributed by atoms with Gasteiger partial charge in [-0.15, -0.1) is 0 Å². The molecule has 4 rings (SSSR count). The van der Waals surface area contributed by atoms with Crippen LogP contribution in [0.4, 0.5) is 15.6 Å². The van der Waals surface area contributed by atoms with E-state index >= 15 is 0 Å². The summed E-state index contributed by atoms with van der Waals surface area (Å²) in [6, 6.07) is 10.3. The summed E-state index contributed by atoms with van der Waals surface area (Å²) in [5.74, 6) is 0.206. The maximum atomic E-state index is 13.1. The highest BCUT2D eigenvalue weighted by molar-refractivity contribution is 7.92.